The first-order chi connectivity index (χ1) is 11.8. The van der Waals surface area contributed by atoms with E-state index in [0.29, 0.717) is 16.8 Å². The number of sulfonamides is 1. The zero-order valence-electron chi connectivity index (χ0n) is 13.7. The molecule has 0 aliphatic carbocycles. The van der Waals surface area contributed by atoms with Crippen molar-refractivity contribution in [3.8, 4) is 0 Å². The molecule has 0 fully saturated rings. The van der Waals surface area contributed by atoms with Crippen molar-refractivity contribution in [2.24, 2.45) is 0 Å². The van der Waals surface area contributed by atoms with Crippen LogP contribution in [-0.4, -0.2) is 13.0 Å². The molecule has 0 spiro atoms. The van der Waals surface area contributed by atoms with Gasteiger partial charge in [-0.15, -0.1) is 0 Å². The van der Waals surface area contributed by atoms with Gasteiger partial charge in [0.15, 0.2) is 0 Å². The first kappa shape index (κ1) is 17.8. The summed E-state index contributed by atoms with van der Waals surface area (Å²) in [5.41, 5.74) is 1.39. The molecule has 1 atom stereocenters. The second kappa shape index (κ2) is 6.70. The third kappa shape index (κ3) is 3.51. The van der Waals surface area contributed by atoms with E-state index >= 15 is 0 Å². The van der Waals surface area contributed by atoms with Gasteiger partial charge in [-0.3, -0.25) is 9.36 Å². The van der Waals surface area contributed by atoms with Crippen molar-refractivity contribution in [2.75, 3.05) is 0 Å². The largest absolute Gasteiger partial charge is 0.308 e. The summed E-state index contributed by atoms with van der Waals surface area (Å²) < 4.78 is 43.1. The monoisotopic (exact) mass is 380 g/mol. The highest BCUT2D eigenvalue weighted by molar-refractivity contribution is 7.89. The molecule has 1 heterocycles. The molecule has 1 aromatic heterocycles. The quantitative estimate of drug-likeness (QED) is 0.739. The zero-order valence-corrected chi connectivity index (χ0v) is 15.3. The van der Waals surface area contributed by atoms with Gasteiger partial charge in [0.2, 0.25) is 10.0 Å². The smallest absolute Gasteiger partial charge is 0.299 e. The minimum atomic E-state index is -3.77. The Morgan fingerprint density at radius 1 is 1.20 bits per heavy atom. The van der Waals surface area contributed by atoms with Gasteiger partial charge in [-0.2, -0.15) is 0 Å². The number of hydrogen-bond donors (Lipinski definition) is 1. The summed E-state index contributed by atoms with van der Waals surface area (Å²) in [5, 5.41) is 0. The lowest BCUT2D eigenvalue weighted by atomic mass is 10.1. The Bertz CT molecular complexity index is 1070. The van der Waals surface area contributed by atoms with Crippen LogP contribution in [0.4, 0.5) is 4.39 Å². The van der Waals surface area contributed by atoms with Crippen LogP contribution in [0.3, 0.4) is 0 Å². The van der Waals surface area contributed by atoms with Gasteiger partial charge >= 0.3 is 4.87 Å². The van der Waals surface area contributed by atoms with Gasteiger partial charge in [-0.05, 0) is 49.7 Å². The summed E-state index contributed by atoms with van der Waals surface area (Å²) in [7, 11) is -3.77. The predicted molar refractivity (Wildman–Crippen MR) is 96.9 cm³/mol. The first-order valence-corrected chi connectivity index (χ1v) is 10.0. The van der Waals surface area contributed by atoms with Crippen molar-refractivity contribution in [3.63, 3.8) is 0 Å². The Hall–Kier alpha value is -2.03. The lowest BCUT2D eigenvalue weighted by molar-refractivity contribution is 0.566. The fourth-order valence-electron chi connectivity index (χ4n) is 2.63. The second-order valence-corrected chi connectivity index (χ2v) is 8.34. The van der Waals surface area contributed by atoms with Crippen molar-refractivity contribution in [1.82, 2.24) is 9.29 Å². The van der Waals surface area contributed by atoms with Gasteiger partial charge in [-0.1, -0.05) is 23.5 Å². The Balaban J connectivity index is 1.92. The number of aromatic nitrogens is 1. The van der Waals surface area contributed by atoms with E-state index in [2.05, 4.69) is 4.72 Å². The number of fused-ring (bicyclic) bond motifs is 1. The molecular formula is C17H17FN2O3S2. The summed E-state index contributed by atoms with van der Waals surface area (Å²) in [6.45, 7) is 4.09. The van der Waals surface area contributed by atoms with Gasteiger partial charge in [-0.25, -0.2) is 17.5 Å². The molecule has 0 aliphatic rings. The van der Waals surface area contributed by atoms with Crippen molar-refractivity contribution in [1.29, 1.82) is 0 Å². The molecule has 0 aliphatic heterocycles. The molecule has 5 nitrogen and oxygen atoms in total. The van der Waals surface area contributed by atoms with Crippen LogP contribution < -0.4 is 9.60 Å². The molecule has 132 valence electrons. The molecule has 0 saturated heterocycles. The van der Waals surface area contributed by atoms with Crippen molar-refractivity contribution in [2.45, 2.75) is 31.3 Å². The molecule has 1 N–H and O–H groups in total. The van der Waals surface area contributed by atoms with Crippen LogP contribution in [0.1, 0.15) is 25.5 Å². The lowest BCUT2D eigenvalue weighted by Crippen LogP contribution is -2.26. The van der Waals surface area contributed by atoms with Crippen molar-refractivity contribution >= 4 is 31.6 Å². The number of hydrogen-bond acceptors (Lipinski definition) is 4. The van der Waals surface area contributed by atoms with E-state index in [1.54, 1.807) is 29.7 Å². The molecule has 0 unspecified atom stereocenters. The van der Waals surface area contributed by atoms with Gasteiger partial charge in [0, 0.05) is 12.6 Å². The normalized spacial score (nSPS) is 13.2. The van der Waals surface area contributed by atoms with E-state index in [1.807, 2.05) is 6.92 Å². The van der Waals surface area contributed by atoms with Gasteiger partial charge in [0.1, 0.15) is 5.82 Å². The van der Waals surface area contributed by atoms with E-state index < -0.39 is 16.1 Å². The molecule has 0 saturated carbocycles. The number of thiazole rings is 1. The number of rotatable bonds is 5. The number of halogens is 1. The molecule has 0 amide bonds. The van der Waals surface area contributed by atoms with Crippen LogP contribution in [0.15, 0.2) is 52.2 Å². The van der Waals surface area contributed by atoms with Crippen LogP contribution in [-0.2, 0) is 16.6 Å². The SMILES string of the molecule is CCn1c(=O)sc2cc(S(=O)(=O)N[C@H](C)c3ccc(F)cc3)ccc21. The number of benzene rings is 2. The van der Waals surface area contributed by atoms with Gasteiger partial charge in [0.25, 0.3) is 0 Å². The summed E-state index contributed by atoms with van der Waals surface area (Å²) in [6, 6.07) is 9.79. The molecular weight excluding hydrogens is 363 g/mol. The van der Waals surface area contributed by atoms with Crippen molar-refractivity contribution < 1.29 is 12.8 Å². The van der Waals surface area contributed by atoms with Gasteiger partial charge in [0.05, 0.1) is 15.1 Å². The maximum atomic E-state index is 13.0. The minimum absolute atomic E-state index is 0.0958. The lowest BCUT2D eigenvalue weighted by Gasteiger charge is -2.15. The minimum Gasteiger partial charge on any atom is -0.299 e. The summed E-state index contributed by atoms with van der Waals surface area (Å²) in [4.78, 5) is 11.9. The molecule has 2 aromatic carbocycles. The van der Waals surface area contributed by atoms with Crippen LogP contribution >= 0.6 is 11.3 Å². The van der Waals surface area contributed by atoms with E-state index in [4.69, 9.17) is 0 Å². The number of nitrogens with zero attached hydrogens (tertiary/aromatic N) is 1. The molecule has 3 aromatic rings. The molecule has 25 heavy (non-hydrogen) atoms. The predicted octanol–water partition coefficient (Wildman–Crippen LogP) is 3.26. The Morgan fingerprint density at radius 2 is 1.88 bits per heavy atom. The van der Waals surface area contributed by atoms with Gasteiger partial charge < -0.3 is 0 Å². The molecule has 8 heteroatoms. The molecule has 3 rings (SSSR count). The fourth-order valence-corrected chi connectivity index (χ4v) is 4.96. The number of aryl methyl sites for hydroxylation is 1. The Morgan fingerprint density at radius 3 is 2.52 bits per heavy atom. The second-order valence-electron chi connectivity index (χ2n) is 5.64. The van der Waals surface area contributed by atoms with Crippen molar-refractivity contribution in [3.05, 3.63) is 63.5 Å². The van der Waals surface area contributed by atoms with E-state index in [1.165, 1.54) is 24.3 Å². The first-order valence-electron chi connectivity index (χ1n) is 7.73. The van der Waals surface area contributed by atoms with E-state index in [0.717, 1.165) is 16.9 Å². The number of nitrogens with one attached hydrogen (secondary N) is 1. The van der Waals surface area contributed by atoms with Crippen LogP contribution in [0, 0.1) is 5.82 Å². The maximum Gasteiger partial charge on any atom is 0.308 e. The third-order valence-corrected chi connectivity index (χ3v) is 6.45. The summed E-state index contributed by atoms with van der Waals surface area (Å²) in [5.74, 6) is -0.375. The molecule has 0 radical (unpaired) electrons. The third-order valence-electron chi connectivity index (χ3n) is 3.97. The zero-order chi connectivity index (χ0) is 18.2. The standard InChI is InChI=1S/C17H17FN2O3S2/c1-3-20-15-9-8-14(10-16(15)24-17(20)21)25(22,23)19-11(2)12-4-6-13(18)7-5-12/h4-11,19H,3H2,1-2H3/t11-/m1/s1. The summed E-state index contributed by atoms with van der Waals surface area (Å²) in [6.07, 6.45) is 0. The van der Waals surface area contributed by atoms with Crippen LogP contribution in [0.5, 0.6) is 0 Å². The highest BCUT2D eigenvalue weighted by atomic mass is 32.2. The Labute approximate surface area is 148 Å². The average molecular weight is 380 g/mol. The van der Waals surface area contributed by atoms with E-state index in [-0.39, 0.29) is 15.6 Å². The van der Waals surface area contributed by atoms with E-state index in [9.17, 15) is 17.6 Å². The summed E-state index contributed by atoms with van der Waals surface area (Å²) >= 11 is 1.02. The average Bonchev–Trinajstić information content (AvgIpc) is 2.89. The topological polar surface area (TPSA) is 68.2 Å². The highest BCUT2D eigenvalue weighted by Gasteiger charge is 2.20. The fraction of sp³-hybridized carbons (Fsp3) is 0.235. The van der Waals surface area contributed by atoms with Crippen LogP contribution in [0.25, 0.3) is 10.2 Å². The highest BCUT2D eigenvalue weighted by Crippen LogP contribution is 2.23. The maximum absolute atomic E-state index is 13.0. The molecule has 0 bridgehead atoms. The Kier molecular flexibility index (Phi) is 4.77. The van der Waals surface area contributed by atoms with Crippen LogP contribution in [0.2, 0.25) is 0 Å².